The first-order chi connectivity index (χ1) is 8.20. The highest BCUT2D eigenvalue weighted by molar-refractivity contribution is 6.18. The lowest BCUT2D eigenvalue weighted by Gasteiger charge is -2.10. The van der Waals surface area contributed by atoms with Gasteiger partial charge in [-0.25, -0.2) is 4.98 Å². The lowest BCUT2D eigenvalue weighted by molar-refractivity contribution is -0.121. The quantitative estimate of drug-likeness (QED) is 0.820. The molecule has 90 valence electrons. The van der Waals surface area contributed by atoms with Gasteiger partial charge in [0.05, 0.1) is 17.1 Å². The molecule has 1 heterocycles. The zero-order chi connectivity index (χ0) is 12.3. The van der Waals surface area contributed by atoms with Crippen LogP contribution < -0.4 is 5.32 Å². The molecule has 0 bridgehead atoms. The van der Waals surface area contributed by atoms with Gasteiger partial charge >= 0.3 is 0 Å². The summed E-state index contributed by atoms with van der Waals surface area (Å²) in [5.41, 5.74) is 1.88. The minimum Gasteiger partial charge on any atom is -0.346 e. The molecule has 1 aromatic heterocycles. The van der Waals surface area contributed by atoms with Crippen molar-refractivity contribution in [1.82, 2.24) is 15.3 Å². The molecule has 0 aliphatic carbocycles. The number of amides is 1. The number of nitrogens with zero attached hydrogens (tertiary/aromatic N) is 1. The van der Waals surface area contributed by atoms with E-state index in [9.17, 15) is 4.79 Å². The fourth-order valence-electron chi connectivity index (χ4n) is 1.65. The maximum atomic E-state index is 11.4. The van der Waals surface area contributed by atoms with Crippen LogP contribution in [0.25, 0.3) is 11.0 Å². The molecule has 0 saturated carbocycles. The third kappa shape index (κ3) is 2.77. The summed E-state index contributed by atoms with van der Waals surface area (Å²) in [5.74, 6) is 1.03. The molecule has 1 atom stereocenters. The molecule has 0 saturated heterocycles. The van der Waals surface area contributed by atoms with Gasteiger partial charge < -0.3 is 10.3 Å². The Kier molecular flexibility index (Phi) is 3.64. The third-order valence-corrected chi connectivity index (χ3v) is 2.71. The Bertz CT molecular complexity index is 490. The van der Waals surface area contributed by atoms with Gasteiger partial charge in [-0.15, -0.1) is 11.6 Å². The molecule has 1 unspecified atom stereocenters. The standard InChI is InChI=1S/C12H14ClN3O/c1-8(14-11(17)6-7-13)12-15-9-4-2-3-5-10(9)16-12/h2-5,8H,6-7H2,1H3,(H,14,17)(H,15,16). The zero-order valence-corrected chi connectivity index (χ0v) is 10.3. The number of nitrogens with one attached hydrogen (secondary N) is 2. The Hall–Kier alpha value is -1.55. The summed E-state index contributed by atoms with van der Waals surface area (Å²) in [4.78, 5) is 19.0. The van der Waals surface area contributed by atoms with Crippen LogP contribution in [0.3, 0.4) is 0 Å². The normalized spacial score (nSPS) is 12.6. The van der Waals surface area contributed by atoms with Crippen LogP contribution in [-0.2, 0) is 4.79 Å². The molecule has 1 aromatic carbocycles. The van der Waals surface area contributed by atoms with Gasteiger partial charge in [0.1, 0.15) is 5.82 Å². The monoisotopic (exact) mass is 251 g/mol. The predicted molar refractivity (Wildman–Crippen MR) is 68.0 cm³/mol. The van der Waals surface area contributed by atoms with E-state index >= 15 is 0 Å². The van der Waals surface area contributed by atoms with E-state index < -0.39 is 0 Å². The number of imidazole rings is 1. The third-order valence-electron chi connectivity index (χ3n) is 2.52. The van der Waals surface area contributed by atoms with E-state index in [1.165, 1.54) is 0 Å². The SMILES string of the molecule is CC(NC(=O)CCCl)c1nc2ccccc2[nH]1. The van der Waals surface area contributed by atoms with Crippen LogP contribution in [0.4, 0.5) is 0 Å². The smallest absolute Gasteiger partial charge is 0.221 e. The highest BCUT2D eigenvalue weighted by Gasteiger charge is 2.12. The highest BCUT2D eigenvalue weighted by Crippen LogP contribution is 2.15. The molecule has 4 nitrogen and oxygen atoms in total. The van der Waals surface area contributed by atoms with Crippen LogP contribution >= 0.6 is 11.6 Å². The van der Waals surface area contributed by atoms with Crippen LogP contribution in [0.5, 0.6) is 0 Å². The van der Waals surface area contributed by atoms with E-state index in [-0.39, 0.29) is 11.9 Å². The van der Waals surface area contributed by atoms with Crippen LogP contribution in [-0.4, -0.2) is 21.8 Å². The number of alkyl halides is 1. The second kappa shape index (κ2) is 5.19. The molecule has 0 aliphatic heterocycles. The average Bonchev–Trinajstić information content (AvgIpc) is 2.72. The van der Waals surface area contributed by atoms with Gasteiger partial charge in [-0.1, -0.05) is 12.1 Å². The summed E-state index contributed by atoms with van der Waals surface area (Å²) >= 11 is 5.51. The fourth-order valence-corrected chi connectivity index (χ4v) is 1.82. The number of H-pyrrole nitrogens is 1. The van der Waals surface area contributed by atoms with Crippen molar-refractivity contribution < 1.29 is 4.79 Å². The minimum atomic E-state index is -0.141. The van der Waals surface area contributed by atoms with Crippen molar-refractivity contribution in [1.29, 1.82) is 0 Å². The molecule has 2 rings (SSSR count). The topological polar surface area (TPSA) is 57.8 Å². The fraction of sp³-hybridized carbons (Fsp3) is 0.333. The first-order valence-electron chi connectivity index (χ1n) is 5.50. The van der Waals surface area contributed by atoms with Crippen LogP contribution in [0.15, 0.2) is 24.3 Å². The maximum absolute atomic E-state index is 11.4. The lowest BCUT2D eigenvalue weighted by atomic mass is 10.3. The predicted octanol–water partition coefficient (Wildman–Crippen LogP) is 2.37. The van der Waals surface area contributed by atoms with Gasteiger partial charge in [0.25, 0.3) is 0 Å². The molecule has 0 aliphatic rings. The summed E-state index contributed by atoms with van der Waals surface area (Å²) < 4.78 is 0. The summed E-state index contributed by atoms with van der Waals surface area (Å²) in [5, 5.41) is 2.84. The number of carbonyl (C=O) groups excluding carboxylic acids is 1. The van der Waals surface area contributed by atoms with Gasteiger partial charge in [0.15, 0.2) is 0 Å². The van der Waals surface area contributed by atoms with Crippen LogP contribution in [0.2, 0.25) is 0 Å². The molecule has 0 radical (unpaired) electrons. The Morgan fingerprint density at radius 3 is 3.00 bits per heavy atom. The first kappa shape index (κ1) is 11.9. The van der Waals surface area contributed by atoms with Crippen molar-refractivity contribution in [2.45, 2.75) is 19.4 Å². The number of halogens is 1. The number of benzene rings is 1. The van der Waals surface area contributed by atoms with Gasteiger partial charge in [0.2, 0.25) is 5.91 Å². The molecular weight excluding hydrogens is 238 g/mol. The summed E-state index contributed by atoms with van der Waals surface area (Å²) in [6, 6.07) is 7.63. The Labute approximate surface area is 104 Å². The number of hydrogen-bond donors (Lipinski definition) is 2. The Morgan fingerprint density at radius 2 is 2.29 bits per heavy atom. The molecule has 2 N–H and O–H groups in total. The zero-order valence-electron chi connectivity index (χ0n) is 9.53. The molecule has 0 spiro atoms. The second-order valence-electron chi connectivity index (χ2n) is 3.87. The van der Waals surface area contributed by atoms with E-state index in [0.29, 0.717) is 12.3 Å². The van der Waals surface area contributed by atoms with E-state index in [0.717, 1.165) is 16.9 Å². The maximum Gasteiger partial charge on any atom is 0.221 e. The van der Waals surface area contributed by atoms with Gasteiger partial charge in [-0.2, -0.15) is 0 Å². The summed E-state index contributed by atoms with van der Waals surface area (Å²) in [6.07, 6.45) is 0.326. The number of aromatic nitrogens is 2. The van der Waals surface area contributed by atoms with E-state index in [2.05, 4.69) is 15.3 Å². The molecule has 1 amide bonds. The molecule has 5 heteroatoms. The van der Waals surface area contributed by atoms with Crippen molar-refractivity contribution >= 4 is 28.5 Å². The van der Waals surface area contributed by atoms with Crippen LogP contribution in [0.1, 0.15) is 25.2 Å². The second-order valence-corrected chi connectivity index (χ2v) is 4.25. The van der Waals surface area contributed by atoms with Crippen LogP contribution in [0, 0.1) is 0 Å². The van der Waals surface area contributed by atoms with Crippen molar-refractivity contribution in [2.75, 3.05) is 5.88 Å². The average molecular weight is 252 g/mol. The van der Waals surface area contributed by atoms with E-state index in [1.54, 1.807) is 0 Å². The Morgan fingerprint density at radius 1 is 1.53 bits per heavy atom. The number of rotatable bonds is 4. The number of fused-ring (bicyclic) bond motifs is 1. The number of carbonyl (C=O) groups is 1. The van der Waals surface area contributed by atoms with Gasteiger partial charge in [-0.05, 0) is 19.1 Å². The Balaban J connectivity index is 2.13. The summed E-state index contributed by atoms with van der Waals surface area (Å²) in [6.45, 7) is 1.89. The minimum absolute atomic E-state index is 0.0621. The van der Waals surface area contributed by atoms with Crippen molar-refractivity contribution in [3.05, 3.63) is 30.1 Å². The molecule has 17 heavy (non-hydrogen) atoms. The van der Waals surface area contributed by atoms with Crippen molar-refractivity contribution in [3.8, 4) is 0 Å². The van der Waals surface area contributed by atoms with Gasteiger partial charge in [-0.3, -0.25) is 4.79 Å². The number of hydrogen-bond acceptors (Lipinski definition) is 2. The molecular formula is C12H14ClN3O. The largest absolute Gasteiger partial charge is 0.346 e. The van der Waals surface area contributed by atoms with Gasteiger partial charge in [0, 0.05) is 12.3 Å². The molecule has 0 fully saturated rings. The first-order valence-corrected chi connectivity index (χ1v) is 6.04. The molecule has 2 aromatic rings. The highest BCUT2D eigenvalue weighted by atomic mass is 35.5. The van der Waals surface area contributed by atoms with E-state index in [4.69, 9.17) is 11.6 Å². The number of para-hydroxylation sites is 2. The van der Waals surface area contributed by atoms with Crippen molar-refractivity contribution in [2.24, 2.45) is 0 Å². The van der Waals surface area contributed by atoms with Crippen molar-refractivity contribution in [3.63, 3.8) is 0 Å². The summed E-state index contributed by atoms with van der Waals surface area (Å²) in [7, 11) is 0. The van der Waals surface area contributed by atoms with E-state index in [1.807, 2.05) is 31.2 Å². The number of aromatic amines is 1. The lowest BCUT2D eigenvalue weighted by Crippen LogP contribution is -2.27.